The molecule has 5 nitrogen and oxygen atoms in total. The Morgan fingerprint density at radius 3 is 2.86 bits per heavy atom. The van der Waals surface area contributed by atoms with Gasteiger partial charge < -0.3 is 4.98 Å². The second kappa shape index (κ2) is 3.52. The quantitative estimate of drug-likeness (QED) is 0.792. The lowest BCUT2D eigenvalue weighted by atomic mass is 10.3. The van der Waals surface area contributed by atoms with Crippen molar-refractivity contribution in [1.82, 2.24) is 19.7 Å². The summed E-state index contributed by atoms with van der Waals surface area (Å²) < 4.78 is 2.24. The summed E-state index contributed by atoms with van der Waals surface area (Å²) in [6, 6.07) is 0. The van der Waals surface area contributed by atoms with Crippen molar-refractivity contribution in [2.24, 2.45) is 7.05 Å². The molecule has 0 saturated carbocycles. The van der Waals surface area contributed by atoms with Gasteiger partial charge in [0.2, 0.25) is 0 Å². The van der Waals surface area contributed by atoms with Crippen LogP contribution in [-0.2, 0) is 7.05 Å². The minimum atomic E-state index is -0.126. The van der Waals surface area contributed by atoms with E-state index >= 15 is 0 Å². The average Bonchev–Trinajstić information content (AvgIpc) is 2.57. The summed E-state index contributed by atoms with van der Waals surface area (Å²) in [5, 5.41) is 4.00. The maximum Gasteiger partial charge on any atom is 0.264 e. The molecule has 2 aromatic rings. The molecule has 0 aromatic carbocycles. The van der Waals surface area contributed by atoms with Crippen molar-refractivity contribution in [3.05, 3.63) is 32.5 Å². The van der Waals surface area contributed by atoms with Gasteiger partial charge in [0.15, 0.2) is 0 Å². The molecule has 72 valence electrons. The molecule has 0 radical (unpaired) electrons. The Hall–Kier alpha value is -1.18. The van der Waals surface area contributed by atoms with Gasteiger partial charge in [-0.05, 0) is 22.6 Å². The normalized spacial score (nSPS) is 10.4. The lowest BCUT2D eigenvalue weighted by molar-refractivity contribution is 0.768. The largest absolute Gasteiger partial charge is 0.306 e. The molecule has 0 unspecified atom stereocenters. The first-order valence-corrected chi connectivity index (χ1v) is 4.98. The maximum absolute atomic E-state index is 11.3. The zero-order valence-electron chi connectivity index (χ0n) is 7.36. The highest BCUT2D eigenvalue weighted by atomic mass is 127. The first-order valence-electron chi connectivity index (χ1n) is 3.90. The minimum Gasteiger partial charge on any atom is -0.306 e. The van der Waals surface area contributed by atoms with Gasteiger partial charge in [0, 0.05) is 19.4 Å². The Kier molecular flexibility index (Phi) is 2.36. The molecule has 2 aromatic heterocycles. The molecule has 0 fully saturated rings. The van der Waals surface area contributed by atoms with E-state index in [0.717, 1.165) is 5.56 Å². The first-order chi connectivity index (χ1) is 6.66. The molecule has 0 aliphatic heterocycles. The van der Waals surface area contributed by atoms with Crippen molar-refractivity contribution in [3.8, 4) is 11.4 Å². The third-order valence-corrected chi connectivity index (χ3v) is 2.50. The number of hydrogen-bond acceptors (Lipinski definition) is 3. The van der Waals surface area contributed by atoms with E-state index < -0.39 is 0 Å². The third-order valence-electron chi connectivity index (χ3n) is 1.73. The monoisotopic (exact) mass is 302 g/mol. The van der Waals surface area contributed by atoms with Crippen molar-refractivity contribution < 1.29 is 0 Å². The molecule has 0 aliphatic rings. The molecule has 0 amide bonds. The topological polar surface area (TPSA) is 63.6 Å². The SMILES string of the molecule is Cn1cc(-c2ncc(I)c(=O)[nH]2)cn1. The summed E-state index contributed by atoms with van der Waals surface area (Å²) in [5.74, 6) is 0.545. The fourth-order valence-electron chi connectivity index (χ4n) is 1.07. The van der Waals surface area contributed by atoms with E-state index in [4.69, 9.17) is 0 Å². The van der Waals surface area contributed by atoms with Gasteiger partial charge in [-0.15, -0.1) is 0 Å². The average molecular weight is 302 g/mol. The molecule has 0 aliphatic carbocycles. The van der Waals surface area contributed by atoms with Crippen LogP contribution in [0.25, 0.3) is 11.4 Å². The number of hydrogen-bond donors (Lipinski definition) is 1. The van der Waals surface area contributed by atoms with Gasteiger partial charge in [-0.25, -0.2) is 4.98 Å². The van der Waals surface area contributed by atoms with Crippen molar-refractivity contribution in [3.63, 3.8) is 0 Å². The molecule has 0 bridgehead atoms. The van der Waals surface area contributed by atoms with Gasteiger partial charge >= 0.3 is 0 Å². The Bertz CT molecular complexity index is 516. The van der Waals surface area contributed by atoms with E-state index in [-0.39, 0.29) is 5.56 Å². The van der Waals surface area contributed by atoms with Crippen LogP contribution in [-0.4, -0.2) is 19.7 Å². The maximum atomic E-state index is 11.3. The first kappa shape index (κ1) is 9.38. The number of H-pyrrole nitrogens is 1. The van der Waals surface area contributed by atoms with Crippen LogP contribution in [0.3, 0.4) is 0 Å². The highest BCUT2D eigenvalue weighted by Gasteiger charge is 2.03. The smallest absolute Gasteiger partial charge is 0.264 e. The highest BCUT2D eigenvalue weighted by Crippen LogP contribution is 2.10. The number of nitrogens with one attached hydrogen (secondary N) is 1. The molecular formula is C8H7IN4O. The molecular weight excluding hydrogens is 295 g/mol. The van der Waals surface area contributed by atoms with Crippen LogP contribution in [0.4, 0.5) is 0 Å². The lowest BCUT2D eigenvalue weighted by Crippen LogP contribution is -2.11. The Morgan fingerprint density at radius 2 is 2.29 bits per heavy atom. The lowest BCUT2D eigenvalue weighted by Gasteiger charge is -1.95. The van der Waals surface area contributed by atoms with Crippen molar-refractivity contribution in [2.45, 2.75) is 0 Å². The summed E-state index contributed by atoms with van der Waals surface area (Å²) in [6.07, 6.45) is 5.00. The number of halogens is 1. The molecule has 0 atom stereocenters. The summed E-state index contributed by atoms with van der Waals surface area (Å²) in [6.45, 7) is 0. The van der Waals surface area contributed by atoms with Crippen LogP contribution in [0, 0.1) is 3.57 Å². The van der Waals surface area contributed by atoms with E-state index in [1.807, 2.05) is 29.6 Å². The number of aromatic amines is 1. The third kappa shape index (κ3) is 1.69. The Balaban J connectivity index is 2.53. The van der Waals surface area contributed by atoms with Crippen LogP contribution < -0.4 is 5.56 Å². The summed E-state index contributed by atoms with van der Waals surface area (Å²) in [7, 11) is 1.81. The van der Waals surface area contributed by atoms with Gasteiger partial charge in [0.1, 0.15) is 5.82 Å². The summed E-state index contributed by atoms with van der Waals surface area (Å²) >= 11 is 1.94. The van der Waals surface area contributed by atoms with Crippen molar-refractivity contribution in [1.29, 1.82) is 0 Å². The van der Waals surface area contributed by atoms with E-state index in [0.29, 0.717) is 9.39 Å². The fraction of sp³-hybridized carbons (Fsp3) is 0.125. The number of nitrogens with zero attached hydrogens (tertiary/aromatic N) is 3. The van der Waals surface area contributed by atoms with Crippen molar-refractivity contribution >= 4 is 22.6 Å². The number of aromatic nitrogens is 4. The summed E-state index contributed by atoms with van der Waals surface area (Å²) in [5.41, 5.74) is 0.681. The van der Waals surface area contributed by atoms with Gasteiger partial charge in [-0.1, -0.05) is 0 Å². The van der Waals surface area contributed by atoms with Gasteiger partial charge in [-0.3, -0.25) is 9.48 Å². The van der Waals surface area contributed by atoms with Gasteiger partial charge in [0.25, 0.3) is 5.56 Å². The van der Waals surface area contributed by atoms with Crippen LogP contribution in [0.1, 0.15) is 0 Å². The molecule has 14 heavy (non-hydrogen) atoms. The van der Waals surface area contributed by atoms with E-state index in [2.05, 4.69) is 15.1 Å². The highest BCUT2D eigenvalue weighted by molar-refractivity contribution is 14.1. The molecule has 2 rings (SSSR count). The Morgan fingerprint density at radius 1 is 1.50 bits per heavy atom. The van der Waals surface area contributed by atoms with Crippen LogP contribution in [0.15, 0.2) is 23.4 Å². The molecule has 1 N–H and O–H groups in total. The predicted molar refractivity (Wildman–Crippen MR) is 59.8 cm³/mol. The second-order valence-electron chi connectivity index (χ2n) is 2.81. The molecule has 0 spiro atoms. The summed E-state index contributed by atoms with van der Waals surface area (Å²) in [4.78, 5) is 18.1. The molecule has 2 heterocycles. The Labute approximate surface area is 93.3 Å². The molecule has 6 heteroatoms. The zero-order chi connectivity index (χ0) is 10.1. The predicted octanol–water partition coefficient (Wildman–Crippen LogP) is 0.775. The fourth-order valence-corrected chi connectivity index (χ4v) is 1.34. The second-order valence-corrected chi connectivity index (χ2v) is 3.97. The van der Waals surface area contributed by atoms with E-state index in [1.54, 1.807) is 23.3 Å². The van der Waals surface area contributed by atoms with Crippen LogP contribution in [0.5, 0.6) is 0 Å². The van der Waals surface area contributed by atoms with E-state index in [9.17, 15) is 4.79 Å². The van der Waals surface area contributed by atoms with Gasteiger partial charge in [0.05, 0.1) is 15.3 Å². The van der Waals surface area contributed by atoms with Crippen LogP contribution >= 0.6 is 22.6 Å². The zero-order valence-corrected chi connectivity index (χ0v) is 9.52. The number of rotatable bonds is 1. The van der Waals surface area contributed by atoms with E-state index in [1.165, 1.54) is 0 Å². The minimum absolute atomic E-state index is 0.126. The van der Waals surface area contributed by atoms with Crippen LogP contribution in [0.2, 0.25) is 0 Å². The van der Waals surface area contributed by atoms with Gasteiger partial charge in [-0.2, -0.15) is 5.10 Å². The number of aryl methyl sites for hydroxylation is 1. The van der Waals surface area contributed by atoms with Crippen molar-refractivity contribution in [2.75, 3.05) is 0 Å². The standard InChI is InChI=1S/C8H7IN4O/c1-13-4-5(2-11-13)7-10-3-6(9)8(14)12-7/h2-4H,1H3,(H,10,12,14). The molecule has 0 saturated heterocycles.